The van der Waals surface area contributed by atoms with Crippen LogP contribution >= 0.6 is 25.3 Å². The van der Waals surface area contributed by atoms with E-state index >= 15 is 0 Å². The molecule has 0 aliphatic heterocycles. The molecular formula is C9H18O2S2. The first-order valence-electron chi connectivity index (χ1n) is 4.68. The van der Waals surface area contributed by atoms with Crippen LogP contribution in [-0.2, 0) is 9.53 Å². The number of rotatable bonds is 7. The molecule has 0 aromatic heterocycles. The fraction of sp³-hybridized carbons (Fsp3) is 0.889. The first-order chi connectivity index (χ1) is 6.16. The van der Waals surface area contributed by atoms with E-state index in [2.05, 4.69) is 32.2 Å². The average molecular weight is 222 g/mol. The van der Waals surface area contributed by atoms with Gasteiger partial charge in [0.05, 0.1) is 6.61 Å². The van der Waals surface area contributed by atoms with Gasteiger partial charge in [-0.3, -0.25) is 4.79 Å². The average Bonchev–Trinajstić information content (AvgIpc) is 2.09. The number of ether oxygens (including phenoxy) is 1. The molecule has 0 bridgehead atoms. The Balaban J connectivity index is 3.20. The first-order valence-corrected chi connectivity index (χ1v) is 5.72. The van der Waals surface area contributed by atoms with Gasteiger partial charge in [-0.05, 0) is 12.8 Å². The van der Waals surface area contributed by atoms with E-state index in [0.29, 0.717) is 19.4 Å². The number of hydrogen-bond donors (Lipinski definition) is 2. The molecule has 2 nitrogen and oxygen atoms in total. The van der Waals surface area contributed by atoms with Crippen LogP contribution < -0.4 is 0 Å². The van der Waals surface area contributed by atoms with Crippen molar-refractivity contribution in [3.05, 3.63) is 0 Å². The van der Waals surface area contributed by atoms with E-state index in [1.54, 1.807) is 0 Å². The molecule has 0 radical (unpaired) electrons. The topological polar surface area (TPSA) is 26.3 Å². The van der Waals surface area contributed by atoms with Gasteiger partial charge in [0.25, 0.3) is 0 Å². The predicted molar refractivity (Wildman–Crippen MR) is 61.5 cm³/mol. The van der Waals surface area contributed by atoms with Gasteiger partial charge in [-0.2, -0.15) is 25.3 Å². The molecule has 0 fully saturated rings. The molecule has 0 aromatic carbocycles. The van der Waals surface area contributed by atoms with Gasteiger partial charge < -0.3 is 4.74 Å². The van der Waals surface area contributed by atoms with Crippen molar-refractivity contribution in [2.75, 3.05) is 6.61 Å². The monoisotopic (exact) mass is 222 g/mol. The van der Waals surface area contributed by atoms with Crippen LogP contribution in [0.3, 0.4) is 0 Å². The van der Waals surface area contributed by atoms with Crippen LogP contribution in [0.25, 0.3) is 0 Å². The first kappa shape index (κ1) is 13.2. The summed E-state index contributed by atoms with van der Waals surface area (Å²) in [6.07, 6.45) is 4.32. The summed E-state index contributed by atoms with van der Waals surface area (Å²) in [7, 11) is 0. The van der Waals surface area contributed by atoms with Crippen molar-refractivity contribution >= 4 is 31.2 Å². The smallest absolute Gasteiger partial charge is 0.305 e. The lowest BCUT2D eigenvalue weighted by atomic mass is 10.3. The van der Waals surface area contributed by atoms with Crippen molar-refractivity contribution < 1.29 is 9.53 Å². The molecule has 0 saturated carbocycles. The van der Waals surface area contributed by atoms with E-state index in [1.165, 1.54) is 0 Å². The van der Waals surface area contributed by atoms with E-state index in [9.17, 15) is 4.79 Å². The second kappa shape index (κ2) is 8.75. The maximum absolute atomic E-state index is 11.0. The Kier molecular flexibility index (Phi) is 8.87. The summed E-state index contributed by atoms with van der Waals surface area (Å²) in [6.45, 7) is 2.67. The van der Waals surface area contributed by atoms with Crippen molar-refractivity contribution in [1.82, 2.24) is 0 Å². The lowest BCUT2D eigenvalue weighted by Gasteiger charge is -2.04. The molecule has 0 aliphatic carbocycles. The molecule has 0 amide bonds. The third-order valence-corrected chi connectivity index (χ3v) is 2.13. The van der Waals surface area contributed by atoms with Crippen LogP contribution in [0.5, 0.6) is 0 Å². The number of esters is 1. The van der Waals surface area contributed by atoms with E-state index in [1.807, 2.05) is 0 Å². The zero-order valence-corrected chi connectivity index (χ0v) is 9.82. The van der Waals surface area contributed by atoms with Crippen molar-refractivity contribution in [2.45, 2.75) is 43.6 Å². The summed E-state index contributed by atoms with van der Waals surface area (Å²) in [5, 5.41) is 0. The molecule has 0 aromatic rings. The normalized spacial score (nSPS) is 10.5. The SMILES string of the molecule is CCCCCOC(=O)CCC(S)S. The maximum Gasteiger partial charge on any atom is 0.305 e. The fourth-order valence-electron chi connectivity index (χ4n) is 0.857. The molecule has 13 heavy (non-hydrogen) atoms. The highest BCUT2D eigenvalue weighted by Crippen LogP contribution is 2.09. The summed E-state index contributed by atoms with van der Waals surface area (Å²) < 4.78 is 4.96. The number of carbonyl (C=O) groups is 1. The number of hydrogen-bond acceptors (Lipinski definition) is 4. The molecule has 0 heterocycles. The molecule has 4 heteroatoms. The van der Waals surface area contributed by atoms with E-state index in [0.717, 1.165) is 19.3 Å². The summed E-state index contributed by atoms with van der Waals surface area (Å²) in [5.41, 5.74) is 0. The van der Waals surface area contributed by atoms with Crippen LogP contribution in [0.15, 0.2) is 0 Å². The van der Waals surface area contributed by atoms with Gasteiger partial charge >= 0.3 is 5.97 Å². The van der Waals surface area contributed by atoms with Gasteiger partial charge in [0, 0.05) is 11.0 Å². The van der Waals surface area contributed by atoms with Crippen molar-refractivity contribution in [3.63, 3.8) is 0 Å². The van der Waals surface area contributed by atoms with E-state index in [-0.39, 0.29) is 10.6 Å². The summed E-state index contributed by atoms with van der Waals surface area (Å²) in [4.78, 5) is 11.0. The number of carbonyl (C=O) groups excluding carboxylic acids is 1. The van der Waals surface area contributed by atoms with Crippen LogP contribution in [0.2, 0.25) is 0 Å². The van der Waals surface area contributed by atoms with E-state index < -0.39 is 0 Å². The molecule has 0 rings (SSSR count). The number of unbranched alkanes of at least 4 members (excludes halogenated alkanes) is 2. The van der Waals surface area contributed by atoms with Gasteiger partial charge in [0.2, 0.25) is 0 Å². The third kappa shape index (κ3) is 10.1. The number of thiol groups is 2. The second-order valence-electron chi connectivity index (χ2n) is 2.95. The molecule has 0 spiro atoms. The second-order valence-corrected chi connectivity index (χ2v) is 4.60. The van der Waals surface area contributed by atoms with Gasteiger partial charge in [-0.15, -0.1) is 0 Å². The quantitative estimate of drug-likeness (QED) is 0.300. The minimum Gasteiger partial charge on any atom is -0.466 e. The molecule has 78 valence electrons. The minimum absolute atomic E-state index is 0.0248. The highest BCUT2D eigenvalue weighted by atomic mass is 32.2. The van der Waals surface area contributed by atoms with Crippen molar-refractivity contribution in [3.8, 4) is 0 Å². The van der Waals surface area contributed by atoms with E-state index in [4.69, 9.17) is 4.74 Å². The molecule has 0 atom stereocenters. The lowest BCUT2D eigenvalue weighted by molar-refractivity contribution is -0.143. The highest BCUT2D eigenvalue weighted by molar-refractivity contribution is 7.99. The Morgan fingerprint density at radius 2 is 2.08 bits per heavy atom. The Hall–Kier alpha value is 0.170. The third-order valence-electron chi connectivity index (χ3n) is 1.62. The minimum atomic E-state index is -0.135. The predicted octanol–water partition coefficient (Wildman–Crippen LogP) is 2.69. The summed E-state index contributed by atoms with van der Waals surface area (Å²) in [6, 6.07) is 0. The Morgan fingerprint density at radius 3 is 2.62 bits per heavy atom. The Morgan fingerprint density at radius 1 is 1.38 bits per heavy atom. The lowest BCUT2D eigenvalue weighted by Crippen LogP contribution is -2.07. The van der Waals surface area contributed by atoms with Gasteiger partial charge in [0.15, 0.2) is 0 Å². The standard InChI is InChI=1S/C9H18O2S2/c1-2-3-4-7-11-8(10)5-6-9(12)13/h9,12-13H,2-7H2,1H3. The van der Waals surface area contributed by atoms with Gasteiger partial charge in [-0.1, -0.05) is 19.8 Å². The van der Waals surface area contributed by atoms with Crippen molar-refractivity contribution in [2.24, 2.45) is 0 Å². The van der Waals surface area contributed by atoms with Crippen LogP contribution in [0.1, 0.15) is 39.0 Å². The Bertz CT molecular complexity index is 138. The maximum atomic E-state index is 11.0. The van der Waals surface area contributed by atoms with Gasteiger partial charge in [0.1, 0.15) is 0 Å². The largest absolute Gasteiger partial charge is 0.466 e. The summed E-state index contributed by atoms with van der Waals surface area (Å²) in [5.74, 6) is -0.135. The van der Waals surface area contributed by atoms with Crippen molar-refractivity contribution in [1.29, 1.82) is 0 Å². The summed E-state index contributed by atoms with van der Waals surface area (Å²) >= 11 is 8.11. The zero-order valence-electron chi connectivity index (χ0n) is 8.03. The highest BCUT2D eigenvalue weighted by Gasteiger charge is 2.04. The fourth-order valence-corrected chi connectivity index (χ4v) is 1.12. The molecule has 0 saturated heterocycles. The molecule has 0 N–H and O–H groups in total. The zero-order chi connectivity index (χ0) is 10.1. The van der Waals surface area contributed by atoms with Crippen LogP contribution in [-0.4, -0.2) is 17.2 Å². The molecular weight excluding hydrogens is 204 g/mol. The van der Waals surface area contributed by atoms with Gasteiger partial charge in [-0.25, -0.2) is 0 Å². The van der Waals surface area contributed by atoms with Crippen LogP contribution in [0.4, 0.5) is 0 Å². The molecule has 0 unspecified atom stereocenters. The van der Waals surface area contributed by atoms with Crippen LogP contribution in [0, 0.1) is 0 Å². The molecule has 0 aliphatic rings. The Labute approximate surface area is 91.2 Å².